The van der Waals surface area contributed by atoms with Gasteiger partial charge in [-0.2, -0.15) is 0 Å². The van der Waals surface area contributed by atoms with E-state index in [1.165, 1.54) is 6.07 Å². The van der Waals surface area contributed by atoms with Gasteiger partial charge in [-0.25, -0.2) is 8.78 Å². The Kier molecular flexibility index (Phi) is 6.99. The molecule has 6 nitrogen and oxygen atoms in total. The Hall–Kier alpha value is -3.00. The summed E-state index contributed by atoms with van der Waals surface area (Å²) >= 11 is 0. The molecule has 1 saturated heterocycles. The highest BCUT2D eigenvalue weighted by Gasteiger charge is 2.19. The van der Waals surface area contributed by atoms with E-state index in [1.807, 2.05) is 12.1 Å². The zero-order chi connectivity index (χ0) is 21.7. The van der Waals surface area contributed by atoms with Crippen LogP contribution in [0.3, 0.4) is 0 Å². The monoisotopic (exact) mass is 416 g/mol. The van der Waals surface area contributed by atoms with Crippen LogP contribution in [0.25, 0.3) is 0 Å². The fourth-order valence-corrected chi connectivity index (χ4v) is 3.36. The summed E-state index contributed by atoms with van der Waals surface area (Å²) < 4.78 is 26.1. The van der Waals surface area contributed by atoms with Crippen molar-refractivity contribution in [3.05, 3.63) is 59.7 Å². The maximum absolute atomic E-state index is 13.2. The Labute approximate surface area is 174 Å². The van der Waals surface area contributed by atoms with Crippen LogP contribution >= 0.6 is 0 Å². The molecule has 0 radical (unpaired) electrons. The van der Waals surface area contributed by atoms with E-state index in [0.29, 0.717) is 11.6 Å². The van der Waals surface area contributed by atoms with Crippen molar-refractivity contribution in [1.82, 2.24) is 10.2 Å². The highest BCUT2D eigenvalue weighted by molar-refractivity contribution is 5.99. The van der Waals surface area contributed by atoms with E-state index < -0.39 is 17.5 Å². The molecule has 0 aliphatic carbocycles. The Balaban J connectivity index is 1.48. The number of carbonyl (C=O) groups excluding carboxylic acids is 2. The highest BCUT2D eigenvalue weighted by Crippen LogP contribution is 2.18. The zero-order valence-electron chi connectivity index (χ0n) is 17.1. The van der Waals surface area contributed by atoms with Crippen molar-refractivity contribution in [3.63, 3.8) is 0 Å². The summed E-state index contributed by atoms with van der Waals surface area (Å²) in [6.45, 7) is 8.00. The Morgan fingerprint density at radius 2 is 1.63 bits per heavy atom. The SMILES string of the molecule is CC(C)N1CCN(c2ccc(C(=O)NCC(=O)Nc3ccc(F)c(F)c3)cc2)CC1. The molecule has 2 amide bonds. The second-order valence-corrected chi connectivity index (χ2v) is 7.52. The Morgan fingerprint density at radius 1 is 0.967 bits per heavy atom. The first-order chi connectivity index (χ1) is 14.3. The van der Waals surface area contributed by atoms with Crippen LogP contribution in [0.15, 0.2) is 42.5 Å². The average Bonchev–Trinajstić information content (AvgIpc) is 2.75. The van der Waals surface area contributed by atoms with Crippen molar-refractivity contribution >= 4 is 23.2 Å². The van der Waals surface area contributed by atoms with Crippen LogP contribution in [-0.2, 0) is 4.79 Å². The molecule has 1 heterocycles. The van der Waals surface area contributed by atoms with E-state index >= 15 is 0 Å². The second-order valence-electron chi connectivity index (χ2n) is 7.52. The number of carbonyl (C=O) groups is 2. The molecule has 1 fully saturated rings. The van der Waals surface area contributed by atoms with Crippen molar-refractivity contribution in [3.8, 4) is 0 Å². The van der Waals surface area contributed by atoms with E-state index in [0.717, 1.165) is 44.0 Å². The normalized spacial score (nSPS) is 14.6. The summed E-state index contributed by atoms with van der Waals surface area (Å²) in [6.07, 6.45) is 0. The smallest absolute Gasteiger partial charge is 0.251 e. The maximum Gasteiger partial charge on any atom is 0.251 e. The first-order valence-electron chi connectivity index (χ1n) is 9.95. The number of amides is 2. The van der Waals surface area contributed by atoms with Crippen LogP contribution in [0.4, 0.5) is 20.2 Å². The van der Waals surface area contributed by atoms with E-state index in [-0.39, 0.29) is 18.1 Å². The summed E-state index contributed by atoms with van der Waals surface area (Å²) in [5.41, 5.74) is 1.63. The van der Waals surface area contributed by atoms with Gasteiger partial charge in [0.15, 0.2) is 11.6 Å². The van der Waals surface area contributed by atoms with Gasteiger partial charge in [-0.3, -0.25) is 14.5 Å². The molecule has 0 spiro atoms. The largest absolute Gasteiger partial charge is 0.369 e. The molecule has 0 saturated carbocycles. The summed E-state index contributed by atoms with van der Waals surface area (Å²) in [4.78, 5) is 28.9. The number of anilines is 2. The third-order valence-electron chi connectivity index (χ3n) is 5.15. The standard InChI is InChI=1S/C22H26F2N4O2/c1-15(2)27-9-11-28(12-10-27)18-6-3-16(4-7-18)22(30)25-14-21(29)26-17-5-8-19(23)20(24)13-17/h3-8,13,15H,9-12,14H2,1-2H3,(H,25,30)(H,26,29). The minimum atomic E-state index is -1.05. The lowest BCUT2D eigenvalue weighted by Gasteiger charge is -2.38. The molecule has 0 atom stereocenters. The zero-order valence-corrected chi connectivity index (χ0v) is 17.1. The topological polar surface area (TPSA) is 64.7 Å². The maximum atomic E-state index is 13.2. The van der Waals surface area contributed by atoms with E-state index in [2.05, 4.69) is 34.3 Å². The van der Waals surface area contributed by atoms with Crippen LogP contribution in [0.2, 0.25) is 0 Å². The van der Waals surface area contributed by atoms with Crippen molar-refractivity contribution in [1.29, 1.82) is 0 Å². The van der Waals surface area contributed by atoms with Crippen LogP contribution in [-0.4, -0.2) is 55.5 Å². The van der Waals surface area contributed by atoms with Crippen LogP contribution in [0.1, 0.15) is 24.2 Å². The van der Waals surface area contributed by atoms with E-state index in [1.54, 1.807) is 12.1 Å². The molecule has 1 aliphatic heterocycles. The molecule has 30 heavy (non-hydrogen) atoms. The minimum absolute atomic E-state index is 0.120. The summed E-state index contributed by atoms with van der Waals surface area (Å²) in [5, 5.41) is 4.93. The number of halogens is 2. The summed E-state index contributed by atoms with van der Waals surface area (Å²) in [5.74, 6) is -2.96. The lowest BCUT2D eigenvalue weighted by molar-refractivity contribution is -0.115. The van der Waals surface area contributed by atoms with Gasteiger partial charge in [0.2, 0.25) is 5.91 Å². The number of hydrogen-bond donors (Lipinski definition) is 2. The van der Waals surface area contributed by atoms with Crippen molar-refractivity contribution in [2.75, 3.05) is 42.9 Å². The van der Waals surface area contributed by atoms with Gasteiger partial charge >= 0.3 is 0 Å². The molecule has 2 aromatic carbocycles. The van der Waals surface area contributed by atoms with Crippen molar-refractivity contribution in [2.45, 2.75) is 19.9 Å². The third kappa shape index (κ3) is 5.54. The van der Waals surface area contributed by atoms with Crippen molar-refractivity contribution in [2.24, 2.45) is 0 Å². The molecule has 8 heteroatoms. The number of hydrogen-bond acceptors (Lipinski definition) is 4. The molecule has 0 unspecified atom stereocenters. The highest BCUT2D eigenvalue weighted by atomic mass is 19.2. The molecule has 3 rings (SSSR count). The molecule has 160 valence electrons. The number of nitrogens with zero attached hydrogens (tertiary/aromatic N) is 2. The van der Waals surface area contributed by atoms with Crippen LogP contribution in [0, 0.1) is 11.6 Å². The van der Waals surface area contributed by atoms with Gasteiger partial charge < -0.3 is 15.5 Å². The average molecular weight is 416 g/mol. The molecule has 2 aromatic rings. The first-order valence-corrected chi connectivity index (χ1v) is 9.95. The molecule has 0 aromatic heterocycles. The molecule has 1 aliphatic rings. The van der Waals surface area contributed by atoms with Crippen LogP contribution in [0.5, 0.6) is 0 Å². The Bertz CT molecular complexity index is 895. The molecular weight excluding hydrogens is 390 g/mol. The van der Waals surface area contributed by atoms with E-state index in [4.69, 9.17) is 0 Å². The third-order valence-corrected chi connectivity index (χ3v) is 5.15. The minimum Gasteiger partial charge on any atom is -0.369 e. The van der Waals surface area contributed by atoms with E-state index in [9.17, 15) is 18.4 Å². The number of piperazine rings is 1. The molecule has 0 bridgehead atoms. The number of nitrogens with one attached hydrogen (secondary N) is 2. The van der Waals surface area contributed by atoms with Gasteiger partial charge in [-0.15, -0.1) is 0 Å². The van der Waals surface area contributed by atoms with Gasteiger partial charge in [0, 0.05) is 55.2 Å². The number of benzene rings is 2. The van der Waals surface area contributed by atoms with Crippen molar-refractivity contribution < 1.29 is 18.4 Å². The predicted molar refractivity (Wildman–Crippen MR) is 113 cm³/mol. The van der Waals surface area contributed by atoms with Gasteiger partial charge in [-0.05, 0) is 50.2 Å². The van der Waals surface area contributed by atoms with Gasteiger partial charge in [-0.1, -0.05) is 0 Å². The quantitative estimate of drug-likeness (QED) is 0.760. The first kappa shape index (κ1) is 21.7. The van der Waals surface area contributed by atoms with Crippen LogP contribution < -0.4 is 15.5 Å². The van der Waals surface area contributed by atoms with Gasteiger partial charge in [0.1, 0.15) is 0 Å². The molecule has 2 N–H and O–H groups in total. The fraction of sp³-hybridized carbons (Fsp3) is 0.364. The summed E-state index contributed by atoms with van der Waals surface area (Å²) in [7, 11) is 0. The fourth-order valence-electron chi connectivity index (χ4n) is 3.36. The molecular formula is C22H26F2N4O2. The predicted octanol–water partition coefficient (Wildman–Crippen LogP) is 2.86. The second kappa shape index (κ2) is 9.67. The Morgan fingerprint density at radius 3 is 2.23 bits per heavy atom. The number of rotatable bonds is 6. The van der Waals surface area contributed by atoms with Gasteiger partial charge in [0.25, 0.3) is 5.91 Å². The lowest BCUT2D eigenvalue weighted by atomic mass is 10.1. The lowest BCUT2D eigenvalue weighted by Crippen LogP contribution is -2.48. The van der Waals surface area contributed by atoms with Gasteiger partial charge in [0.05, 0.1) is 6.54 Å². The summed E-state index contributed by atoms with van der Waals surface area (Å²) in [6, 6.07) is 10.9.